The lowest BCUT2D eigenvalue weighted by molar-refractivity contribution is 0.355. The Morgan fingerprint density at radius 1 is 1.42 bits per heavy atom. The van der Waals surface area contributed by atoms with E-state index in [1.165, 1.54) is 5.56 Å². The summed E-state index contributed by atoms with van der Waals surface area (Å²) in [6, 6.07) is 6.06. The van der Waals surface area contributed by atoms with Gasteiger partial charge in [-0.15, -0.1) is 0 Å². The monoisotopic (exact) mass is 323 g/mol. The molecule has 0 radical (unpaired) electrons. The van der Waals surface area contributed by atoms with Gasteiger partial charge in [0.25, 0.3) is 0 Å². The maximum absolute atomic E-state index is 5.33. The van der Waals surface area contributed by atoms with Crippen LogP contribution in [-0.4, -0.2) is 23.2 Å². The summed E-state index contributed by atoms with van der Waals surface area (Å²) >= 11 is 3.52. The molecular weight excluding hydrogens is 306 g/mol. The maximum Gasteiger partial charge on any atom is 0.231 e. The van der Waals surface area contributed by atoms with Gasteiger partial charge in [0.15, 0.2) is 0 Å². The van der Waals surface area contributed by atoms with E-state index in [1.54, 1.807) is 0 Å². The number of aromatic nitrogens is 2. The van der Waals surface area contributed by atoms with Gasteiger partial charge in [-0.05, 0) is 25.1 Å². The van der Waals surface area contributed by atoms with Gasteiger partial charge in [0, 0.05) is 22.5 Å². The normalized spacial score (nSPS) is 12.6. The second kappa shape index (κ2) is 6.30. The van der Waals surface area contributed by atoms with Crippen molar-refractivity contribution in [1.29, 1.82) is 0 Å². The largest absolute Gasteiger partial charge is 0.339 e. The smallest absolute Gasteiger partial charge is 0.231 e. The summed E-state index contributed by atoms with van der Waals surface area (Å²) in [5.41, 5.74) is 2.15. The van der Waals surface area contributed by atoms with Gasteiger partial charge < -0.3 is 9.84 Å². The number of nitrogens with one attached hydrogen (secondary N) is 1. The highest BCUT2D eigenvalue weighted by Crippen LogP contribution is 2.24. The third kappa shape index (κ3) is 3.42. The molecule has 0 bridgehead atoms. The fourth-order valence-corrected chi connectivity index (χ4v) is 2.11. The number of aryl methyl sites for hydroxylation is 1. The van der Waals surface area contributed by atoms with E-state index in [-0.39, 0.29) is 5.92 Å². The van der Waals surface area contributed by atoms with Crippen molar-refractivity contribution < 1.29 is 4.52 Å². The number of hydrogen-bond donors (Lipinski definition) is 1. The third-order valence-corrected chi connectivity index (χ3v) is 3.85. The van der Waals surface area contributed by atoms with E-state index in [1.807, 2.05) is 25.1 Å². The lowest BCUT2D eigenvalue weighted by Gasteiger charge is -2.05. The first kappa shape index (κ1) is 14.2. The Balaban J connectivity index is 2.18. The SMILES string of the molecule is CCNCC(C)c1nc(-c2ccc(C)c(Br)c2)no1. The van der Waals surface area contributed by atoms with Gasteiger partial charge in [0.1, 0.15) is 0 Å². The van der Waals surface area contributed by atoms with Crippen molar-refractivity contribution in [2.75, 3.05) is 13.1 Å². The van der Waals surface area contributed by atoms with E-state index in [4.69, 9.17) is 4.52 Å². The van der Waals surface area contributed by atoms with E-state index in [0.29, 0.717) is 11.7 Å². The quantitative estimate of drug-likeness (QED) is 0.914. The van der Waals surface area contributed by atoms with Crippen LogP contribution in [0.1, 0.15) is 31.2 Å². The van der Waals surface area contributed by atoms with Crippen LogP contribution in [0.3, 0.4) is 0 Å². The van der Waals surface area contributed by atoms with Crippen molar-refractivity contribution in [1.82, 2.24) is 15.5 Å². The minimum Gasteiger partial charge on any atom is -0.339 e. The molecule has 1 heterocycles. The van der Waals surface area contributed by atoms with E-state index in [9.17, 15) is 0 Å². The summed E-state index contributed by atoms with van der Waals surface area (Å²) in [5, 5.41) is 7.33. The van der Waals surface area contributed by atoms with Crippen LogP contribution in [0.2, 0.25) is 0 Å². The molecule has 0 amide bonds. The number of likely N-dealkylation sites (N-methyl/N-ethyl adjacent to an activating group) is 1. The first-order valence-electron chi connectivity index (χ1n) is 6.42. The van der Waals surface area contributed by atoms with E-state index in [2.05, 4.69) is 45.2 Å². The number of nitrogens with zero attached hydrogens (tertiary/aromatic N) is 2. The molecular formula is C14H18BrN3O. The summed E-state index contributed by atoms with van der Waals surface area (Å²) < 4.78 is 6.38. The zero-order valence-electron chi connectivity index (χ0n) is 11.4. The minimum absolute atomic E-state index is 0.218. The van der Waals surface area contributed by atoms with Crippen molar-refractivity contribution in [3.63, 3.8) is 0 Å². The maximum atomic E-state index is 5.33. The van der Waals surface area contributed by atoms with E-state index >= 15 is 0 Å². The van der Waals surface area contributed by atoms with Crippen molar-refractivity contribution in [3.8, 4) is 11.4 Å². The first-order valence-corrected chi connectivity index (χ1v) is 7.22. The zero-order valence-corrected chi connectivity index (χ0v) is 13.0. The predicted molar refractivity (Wildman–Crippen MR) is 79.1 cm³/mol. The molecule has 0 aliphatic carbocycles. The van der Waals surface area contributed by atoms with Crippen LogP contribution in [-0.2, 0) is 0 Å². The molecule has 1 unspecified atom stereocenters. The molecule has 0 spiro atoms. The fourth-order valence-electron chi connectivity index (χ4n) is 1.73. The van der Waals surface area contributed by atoms with Crippen LogP contribution in [0.15, 0.2) is 27.2 Å². The number of hydrogen-bond acceptors (Lipinski definition) is 4. The van der Waals surface area contributed by atoms with Crippen molar-refractivity contribution in [3.05, 3.63) is 34.1 Å². The van der Waals surface area contributed by atoms with E-state index in [0.717, 1.165) is 23.1 Å². The Morgan fingerprint density at radius 3 is 2.89 bits per heavy atom. The molecule has 1 N–H and O–H groups in total. The van der Waals surface area contributed by atoms with Gasteiger partial charge in [0.2, 0.25) is 11.7 Å². The highest BCUT2D eigenvalue weighted by molar-refractivity contribution is 9.10. The average Bonchev–Trinajstić information content (AvgIpc) is 2.89. The van der Waals surface area contributed by atoms with Crippen LogP contribution in [0, 0.1) is 6.92 Å². The van der Waals surface area contributed by atoms with Crippen LogP contribution in [0.4, 0.5) is 0 Å². The number of rotatable bonds is 5. The highest BCUT2D eigenvalue weighted by atomic mass is 79.9. The Morgan fingerprint density at radius 2 is 2.21 bits per heavy atom. The first-order chi connectivity index (χ1) is 9.11. The molecule has 2 aromatic rings. The summed E-state index contributed by atoms with van der Waals surface area (Å²) in [7, 11) is 0. The molecule has 2 rings (SSSR count). The number of benzene rings is 1. The molecule has 1 atom stereocenters. The Bertz CT molecular complexity index is 553. The van der Waals surface area contributed by atoms with Gasteiger partial charge in [-0.1, -0.05) is 47.1 Å². The van der Waals surface area contributed by atoms with Crippen LogP contribution in [0.25, 0.3) is 11.4 Å². The lowest BCUT2D eigenvalue weighted by Crippen LogP contribution is -2.19. The molecule has 4 nitrogen and oxygen atoms in total. The third-order valence-electron chi connectivity index (χ3n) is 2.99. The molecule has 1 aromatic carbocycles. The molecule has 19 heavy (non-hydrogen) atoms. The van der Waals surface area contributed by atoms with Crippen molar-refractivity contribution in [2.24, 2.45) is 0 Å². The molecule has 0 aliphatic heterocycles. The molecule has 1 aromatic heterocycles. The van der Waals surface area contributed by atoms with Gasteiger partial charge >= 0.3 is 0 Å². The summed E-state index contributed by atoms with van der Waals surface area (Å²) in [5.74, 6) is 1.53. The average molecular weight is 324 g/mol. The second-order valence-corrected chi connectivity index (χ2v) is 5.48. The predicted octanol–water partition coefficient (Wildman–Crippen LogP) is 3.52. The molecule has 0 saturated carbocycles. The van der Waals surface area contributed by atoms with Crippen molar-refractivity contribution >= 4 is 15.9 Å². The summed E-state index contributed by atoms with van der Waals surface area (Å²) in [6.45, 7) is 7.99. The fraction of sp³-hybridized carbons (Fsp3) is 0.429. The van der Waals surface area contributed by atoms with Gasteiger partial charge in [0.05, 0.1) is 0 Å². The van der Waals surface area contributed by atoms with Crippen LogP contribution in [0.5, 0.6) is 0 Å². The minimum atomic E-state index is 0.218. The molecule has 0 fully saturated rings. The molecule has 102 valence electrons. The molecule has 5 heteroatoms. The lowest BCUT2D eigenvalue weighted by atomic mass is 10.1. The van der Waals surface area contributed by atoms with E-state index < -0.39 is 0 Å². The van der Waals surface area contributed by atoms with Crippen molar-refractivity contribution in [2.45, 2.75) is 26.7 Å². The molecule has 0 aliphatic rings. The highest BCUT2D eigenvalue weighted by Gasteiger charge is 2.15. The Kier molecular flexibility index (Phi) is 4.71. The zero-order chi connectivity index (χ0) is 13.8. The summed E-state index contributed by atoms with van der Waals surface area (Å²) in [6.07, 6.45) is 0. The van der Waals surface area contributed by atoms with Crippen LogP contribution < -0.4 is 5.32 Å². The van der Waals surface area contributed by atoms with Gasteiger partial charge in [-0.25, -0.2) is 0 Å². The van der Waals surface area contributed by atoms with Gasteiger partial charge in [-0.3, -0.25) is 0 Å². The standard InChI is InChI=1S/C14H18BrN3O/c1-4-16-8-10(3)14-17-13(18-19-14)11-6-5-9(2)12(15)7-11/h5-7,10,16H,4,8H2,1-3H3. The van der Waals surface area contributed by atoms with Crippen LogP contribution >= 0.6 is 15.9 Å². The van der Waals surface area contributed by atoms with Gasteiger partial charge in [-0.2, -0.15) is 4.98 Å². The second-order valence-electron chi connectivity index (χ2n) is 4.63. The Labute approximate surface area is 121 Å². The Hall–Kier alpha value is -1.20. The molecule has 0 saturated heterocycles. The summed E-state index contributed by atoms with van der Waals surface area (Å²) in [4.78, 5) is 4.47. The number of halogens is 1. The topological polar surface area (TPSA) is 51.0 Å².